The van der Waals surface area contributed by atoms with Crippen LogP contribution in [0.5, 0.6) is 5.75 Å². The first-order valence-corrected chi connectivity index (χ1v) is 16.7. The van der Waals surface area contributed by atoms with Crippen LogP contribution in [0.3, 0.4) is 0 Å². The third-order valence-electron chi connectivity index (χ3n) is 11.0. The molecular weight excluding hydrogens is 656 g/mol. The second-order valence-corrected chi connectivity index (χ2v) is 13.7. The molecule has 1 saturated heterocycles. The van der Waals surface area contributed by atoms with Gasteiger partial charge in [0.25, 0.3) is 5.69 Å². The van der Waals surface area contributed by atoms with E-state index in [9.17, 15) is 29.6 Å². The van der Waals surface area contributed by atoms with Gasteiger partial charge < -0.3 is 5.11 Å². The van der Waals surface area contributed by atoms with E-state index in [0.29, 0.717) is 16.7 Å². The molecule has 248 valence electrons. The summed E-state index contributed by atoms with van der Waals surface area (Å²) >= 11 is 6.91. The number of hydrogen-bond acceptors (Lipinski definition) is 7. The zero-order valence-corrected chi connectivity index (χ0v) is 27.2. The molecule has 0 bridgehead atoms. The van der Waals surface area contributed by atoms with Gasteiger partial charge in [0.15, 0.2) is 11.6 Å². The summed E-state index contributed by atoms with van der Waals surface area (Å²) in [5.41, 5.74) is 1.38. The third kappa shape index (κ3) is 4.53. The fraction of sp³-hybridized carbons (Fsp3) is 0.200. The number of imide groups is 1. The number of ketones is 2. The number of hydrogen-bond donors (Lipinski definition) is 1. The zero-order valence-electron chi connectivity index (χ0n) is 26.4. The lowest BCUT2D eigenvalue weighted by Gasteiger charge is -2.55. The van der Waals surface area contributed by atoms with Gasteiger partial charge in [0.1, 0.15) is 5.75 Å². The van der Waals surface area contributed by atoms with Crippen molar-refractivity contribution in [2.75, 3.05) is 4.90 Å². The molecule has 6 atom stereocenters. The molecule has 6 unspecified atom stereocenters. The van der Waals surface area contributed by atoms with Crippen LogP contribution in [-0.2, 0) is 24.6 Å². The number of phenolic OH excluding ortho intramolecular Hbond substituents is 1. The number of nitro benzene ring substituents is 1. The van der Waals surface area contributed by atoms with E-state index in [1.165, 1.54) is 42.5 Å². The Kier molecular flexibility index (Phi) is 7.42. The van der Waals surface area contributed by atoms with Crippen molar-refractivity contribution < 1.29 is 29.2 Å². The van der Waals surface area contributed by atoms with Crippen molar-refractivity contribution in [1.82, 2.24) is 0 Å². The van der Waals surface area contributed by atoms with Crippen LogP contribution in [0, 0.1) is 33.8 Å². The monoisotopic (exact) mass is 684 g/mol. The largest absolute Gasteiger partial charge is 0.508 e. The topological polar surface area (TPSA) is 135 Å². The number of carbonyl (C=O) groups excluding carboxylic acids is 4. The summed E-state index contributed by atoms with van der Waals surface area (Å²) in [6, 6.07) is 28.0. The Morgan fingerprint density at radius 2 is 1.52 bits per heavy atom. The van der Waals surface area contributed by atoms with E-state index in [0.717, 1.165) is 10.5 Å². The number of carbonyl (C=O) groups is 4. The summed E-state index contributed by atoms with van der Waals surface area (Å²) < 4.78 is 0. The predicted molar refractivity (Wildman–Crippen MR) is 185 cm³/mol. The maximum absolute atomic E-state index is 15.0. The molecule has 8 rings (SSSR count). The molecule has 4 aromatic rings. The number of benzene rings is 4. The highest BCUT2D eigenvalue weighted by Crippen LogP contribution is 2.64. The maximum Gasteiger partial charge on any atom is 0.269 e. The average molecular weight is 685 g/mol. The molecule has 4 aliphatic rings. The fourth-order valence-corrected chi connectivity index (χ4v) is 9.23. The lowest BCUT2D eigenvalue weighted by molar-refractivity contribution is -0.384. The van der Waals surface area contributed by atoms with Crippen LogP contribution in [0.1, 0.15) is 35.4 Å². The molecule has 2 fully saturated rings. The number of nitro groups is 1. The molecular formula is C40H29ClN2O7. The van der Waals surface area contributed by atoms with Crippen LogP contribution >= 0.6 is 11.6 Å². The van der Waals surface area contributed by atoms with Crippen LogP contribution in [0.15, 0.2) is 121 Å². The maximum atomic E-state index is 15.0. The molecule has 0 aromatic heterocycles. The predicted octanol–water partition coefficient (Wildman–Crippen LogP) is 6.98. The van der Waals surface area contributed by atoms with Gasteiger partial charge in [-0.1, -0.05) is 90.0 Å². The first kappa shape index (κ1) is 31.6. The number of amides is 2. The SMILES string of the molecule is O=C1C(c2ccccc2)=CC(=O)C2(c3ccccc3)C1CC1C(=CCC3C(=O)N(c4ccc([N+](=O)[O-])cc4)C(=O)C31)C2c1ccc(O)cc1Cl. The molecule has 3 aliphatic carbocycles. The number of phenols is 1. The normalized spacial score (nSPS) is 27.2. The minimum atomic E-state index is -1.45. The second kappa shape index (κ2) is 11.7. The van der Waals surface area contributed by atoms with Crippen molar-refractivity contribution in [3.63, 3.8) is 0 Å². The number of rotatable bonds is 5. The van der Waals surface area contributed by atoms with E-state index >= 15 is 4.79 Å². The highest BCUT2D eigenvalue weighted by Gasteiger charge is 2.66. The Labute approximate surface area is 291 Å². The number of anilines is 1. The molecule has 50 heavy (non-hydrogen) atoms. The van der Waals surface area contributed by atoms with E-state index in [1.807, 2.05) is 42.5 Å². The standard InChI is InChI=1S/C40H29ClN2O7/c41-33-19-26(44)15-16-28(33)36-27-17-18-29-35(39(48)42(38(29)47)24-11-13-25(14-12-24)43(49)50)31(27)20-32-37(46)30(22-7-3-1-4-8-22)21-34(45)40(32,36)23-9-5-2-6-10-23/h1-17,19,21,29,31-32,35-36,44H,18,20H2. The Hall–Kier alpha value is -5.67. The first-order valence-electron chi connectivity index (χ1n) is 16.3. The van der Waals surface area contributed by atoms with E-state index < -0.39 is 51.7 Å². The lowest BCUT2D eigenvalue weighted by Crippen LogP contribution is -2.58. The van der Waals surface area contributed by atoms with Gasteiger partial charge in [-0.05, 0) is 65.8 Å². The van der Waals surface area contributed by atoms with Crippen molar-refractivity contribution in [3.8, 4) is 5.75 Å². The molecule has 4 aromatic carbocycles. The Morgan fingerprint density at radius 3 is 2.18 bits per heavy atom. The lowest BCUT2D eigenvalue weighted by atomic mass is 9.44. The summed E-state index contributed by atoms with van der Waals surface area (Å²) in [6.07, 6.45) is 3.70. The second-order valence-electron chi connectivity index (χ2n) is 13.3. The van der Waals surface area contributed by atoms with Crippen LogP contribution in [0.25, 0.3) is 5.57 Å². The number of Topliss-reactive ketones (excluding diaryl/α,β-unsaturated/α-hetero) is 1. The van der Waals surface area contributed by atoms with Crippen molar-refractivity contribution >= 4 is 51.9 Å². The van der Waals surface area contributed by atoms with Gasteiger partial charge in [-0.25, -0.2) is 0 Å². The van der Waals surface area contributed by atoms with Crippen LogP contribution in [0.4, 0.5) is 11.4 Å². The molecule has 1 N–H and O–H groups in total. The van der Waals surface area contributed by atoms with Gasteiger partial charge in [-0.2, -0.15) is 0 Å². The summed E-state index contributed by atoms with van der Waals surface area (Å²) in [5, 5.41) is 21.8. The highest BCUT2D eigenvalue weighted by atomic mass is 35.5. The minimum absolute atomic E-state index is 0.0678. The molecule has 1 heterocycles. The Bertz CT molecular complexity index is 2180. The Balaban J connectivity index is 1.34. The summed E-state index contributed by atoms with van der Waals surface area (Å²) in [6.45, 7) is 0. The van der Waals surface area contributed by atoms with Crippen molar-refractivity contribution in [2.45, 2.75) is 24.2 Å². The number of nitrogens with zero attached hydrogens (tertiary/aromatic N) is 2. The van der Waals surface area contributed by atoms with Gasteiger partial charge in [0, 0.05) is 34.6 Å². The molecule has 9 nitrogen and oxygen atoms in total. The number of halogens is 1. The molecule has 1 saturated carbocycles. The average Bonchev–Trinajstić information content (AvgIpc) is 3.38. The summed E-state index contributed by atoms with van der Waals surface area (Å²) in [5.74, 6) is -5.41. The van der Waals surface area contributed by atoms with Gasteiger partial charge in [-0.15, -0.1) is 0 Å². The highest BCUT2D eigenvalue weighted by molar-refractivity contribution is 6.33. The minimum Gasteiger partial charge on any atom is -0.508 e. The number of non-ortho nitro benzene ring substituents is 1. The van der Waals surface area contributed by atoms with E-state index in [4.69, 9.17) is 11.6 Å². The van der Waals surface area contributed by atoms with Crippen LogP contribution in [0.2, 0.25) is 5.02 Å². The molecule has 2 amide bonds. The Morgan fingerprint density at radius 1 is 0.840 bits per heavy atom. The zero-order chi connectivity index (χ0) is 34.9. The van der Waals surface area contributed by atoms with Crippen molar-refractivity contribution in [3.05, 3.63) is 153 Å². The first-order chi connectivity index (χ1) is 24.1. The third-order valence-corrected chi connectivity index (χ3v) is 11.3. The smallest absolute Gasteiger partial charge is 0.269 e. The summed E-state index contributed by atoms with van der Waals surface area (Å²) in [4.78, 5) is 70.3. The van der Waals surface area contributed by atoms with Gasteiger partial charge in [0.05, 0.1) is 27.9 Å². The van der Waals surface area contributed by atoms with Crippen LogP contribution < -0.4 is 4.90 Å². The van der Waals surface area contributed by atoms with Crippen molar-refractivity contribution in [2.24, 2.45) is 23.7 Å². The van der Waals surface area contributed by atoms with Crippen LogP contribution in [-0.4, -0.2) is 33.4 Å². The van der Waals surface area contributed by atoms with Gasteiger partial charge in [0.2, 0.25) is 11.8 Å². The van der Waals surface area contributed by atoms with Gasteiger partial charge >= 0.3 is 0 Å². The molecule has 0 spiro atoms. The molecule has 0 radical (unpaired) electrons. The fourth-order valence-electron chi connectivity index (χ4n) is 8.95. The van der Waals surface area contributed by atoms with E-state index in [-0.39, 0.29) is 52.1 Å². The van der Waals surface area contributed by atoms with E-state index in [1.54, 1.807) is 30.3 Å². The molecule has 10 heteroatoms. The summed E-state index contributed by atoms with van der Waals surface area (Å²) in [7, 11) is 0. The quantitative estimate of drug-likeness (QED) is 0.104. The van der Waals surface area contributed by atoms with Gasteiger partial charge in [-0.3, -0.25) is 34.2 Å². The van der Waals surface area contributed by atoms with E-state index in [2.05, 4.69) is 0 Å². The van der Waals surface area contributed by atoms with Crippen molar-refractivity contribution in [1.29, 1.82) is 0 Å². The number of fused-ring (bicyclic) bond motifs is 4. The number of allylic oxidation sites excluding steroid dienone is 4. The number of aromatic hydroxyl groups is 1. The molecule has 1 aliphatic heterocycles.